The number of carboxylic acid groups (broad SMARTS) is 1. The number of hydrogen-bond acceptors (Lipinski definition) is 3. The van der Waals surface area contributed by atoms with Crippen molar-refractivity contribution in [1.82, 2.24) is 4.98 Å². The highest BCUT2D eigenvalue weighted by molar-refractivity contribution is 6.30. The van der Waals surface area contributed by atoms with Gasteiger partial charge in [-0.15, -0.1) is 0 Å². The van der Waals surface area contributed by atoms with Gasteiger partial charge in [0, 0.05) is 24.0 Å². The number of rotatable bonds is 4. The molecule has 0 aliphatic heterocycles. The Balaban J connectivity index is 2.04. The van der Waals surface area contributed by atoms with Crippen LogP contribution in [0.5, 0.6) is 0 Å². The summed E-state index contributed by atoms with van der Waals surface area (Å²) in [6, 6.07) is 8.98. The van der Waals surface area contributed by atoms with Crippen LogP contribution >= 0.6 is 11.6 Å². The fourth-order valence-corrected chi connectivity index (χ4v) is 1.59. The standard InChI is InChI=1S/C13H11ClN2O2/c14-11-3-1-9(2-4-11)6-16-12-5-10(13(17)18)7-15-8-12/h1-5,7-8,16H,6H2,(H,17,18). The molecule has 0 saturated heterocycles. The molecule has 92 valence electrons. The zero-order valence-corrected chi connectivity index (χ0v) is 10.2. The Morgan fingerprint density at radius 3 is 2.67 bits per heavy atom. The van der Waals surface area contributed by atoms with Crippen molar-refractivity contribution in [2.75, 3.05) is 5.32 Å². The Hall–Kier alpha value is -2.07. The van der Waals surface area contributed by atoms with Crippen LogP contribution in [0, 0.1) is 0 Å². The van der Waals surface area contributed by atoms with Crippen molar-refractivity contribution in [1.29, 1.82) is 0 Å². The summed E-state index contributed by atoms with van der Waals surface area (Å²) in [5.74, 6) is -0.988. The minimum Gasteiger partial charge on any atom is -0.478 e. The number of halogens is 1. The quantitative estimate of drug-likeness (QED) is 0.889. The van der Waals surface area contributed by atoms with Crippen LogP contribution in [0.3, 0.4) is 0 Å². The van der Waals surface area contributed by atoms with Crippen molar-refractivity contribution in [3.8, 4) is 0 Å². The number of aromatic carboxylic acids is 1. The SMILES string of the molecule is O=C(O)c1cncc(NCc2ccc(Cl)cc2)c1. The van der Waals surface area contributed by atoms with Crippen LogP contribution in [0.25, 0.3) is 0 Å². The third kappa shape index (κ3) is 3.21. The predicted molar refractivity (Wildman–Crippen MR) is 70.0 cm³/mol. The van der Waals surface area contributed by atoms with Gasteiger partial charge in [-0.05, 0) is 23.8 Å². The number of nitrogens with one attached hydrogen (secondary N) is 1. The van der Waals surface area contributed by atoms with Gasteiger partial charge in [0.05, 0.1) is 11.3 Å². The molecule has 4 nitrogen and oxygen atoms in total. The number of pyridine rings is 1. The summed E-state index contributed by atoms with van der Waals surface area (Å²) >= 11 is 5.79. The van der Waals surface area contributed by atoms with E-state index < -0.39 is 5.97 Å². The molecule has 0 radical (unpaired) electrons. The van der Waals surface area contributed by atoms with Crippen LogP contribution in [0.2, 0.25) is 5.02 Å². The van der Waals surface area contributed by atoms with E-state index in [9.17, 15) is 4.79 Å². The number of nitrogens with zero attached hydrogens (tertiary/aromatic N) is 1. The second kappa shape index (κ2) is 5.51. The molecule has 0 fully saturated rings. The van der Waals surface area contributed by atoms with E-state index in [4.69, 9.17) is 16.7 Å². The number of carbonyl (C=O) groups is 1. The zero-order valence-electron chi connectivity index (χ0n) is 9.43. The van der Waals surface area contributed by atoms with E-state index in [0.717, 1.165) is 5.56 Å². The van der Waals surface area contributed by atoms with E-state index in [1.54, 1.807) is 12.3 Å². The van der Waals surface area contributed by atoms with Crippen molar-refractivity contribution in [2.24, 2.45) is 0 Å². The normalized spacial score (nSPS) is 10.1. The minimum absolute atomic E-state index is 0.163. The highest BCUT2D eigenvalue weighted by atomic mass is 35.5. The largest absolute Gasteiger partial charge is 0.478 e. The van der Waals surface area contributed by atoms with Gasteiger partial charge in [-0.1, -0.05) is 23.7 Å². The Morgan fingerprint density at radius 2 is 2.00 bits per heavy atom. The number of hydrogen-bond donors (Lipinski definition) is 2. The summed E-state index contributed by atoms with van der Waals surface area (Å²) in [7, 11) is 0. The monoisotopic (exact) mass is 262 g/mol. The molecule has 0 aliphatic rings. The van der Waals surface area contributed by atoms with Crippen LogP contribution in [0.1, 0.15) is 15.9 Å². The van der Waals surface area contributed by atoms with Gasteiger partial charge < -0.3 is 10.4 Å². The second-order valence-electron chi connectivity index (χ2n) is 3.75. The zero-order chi connectivity index (χ0) is 13.0. The van der Waals surface area contributed by atoms with Crippen molar-refractivity contribution in [3.63, 3.8) is 0 Å². The summed E-state index contributed by atoms with van der Waals surface area (Å²) < 4.78 is 0. The molecule has 5 heteroatoms. The van der Waals surface area contributed by atoms with Crippen LogP contribution in [0.15, 0.2) is 42.7 Å². The predicted octanol–water partition coefficient (Wildman–Crippen LogP) is 3.05. The molecule has 0 spiro atoms. The van der Waals surface area contributed by atoms with E-state index in [1.165, 1.54) is 6.20 Å². The van der Waals surface area contributed by atoms with Gasteiger partial charge in [0.2, 0.25) is 0 Å². The summed E-state index contributed by atoms with van der Waals surface area (Å²) in [6.07, 6.45) is 2.90. The Morgan fingerprint density at radius 1 is 1.28 bits per heavy atom. The van der Waals surface area contributed by atoms with Crippen molar-refractivity contribution in [2.45, 2.75) is 6.54 Å². The lowest BCUT2D eigenvalue weighted by atomic mass is 10.2. The third-order valence-electron chi connectivity index (χ3n) is 2.40. The maximum atomic E-state index is 10.8. The molecule has 2 aromatic rings. The van der Waals surface area contributed by atoms with Gasteiger partial charge >= 0.3 is 5.97 Å². The van der Waals surface area contributed by atoms with Gasteiger partial charge in [-0.25, -0.2) is 4.79 Å². The summed E-state index contributed by atoms with van der Waals surface area (Å²) in [4.78, 5) is 14.7. The second-order valence-corrected chi connectivity index (χ2v) is 4.18. The number of anilines is 1. The first kappa shape index (κ1) is 12.4. The van der Waals surface area contributed by atoms with E-state index in [-0.39, 0.29) is 5.56 Å². The molecule has 0 aliphatic carbocycles. The molecule has 1 aromatic carbocycles. The first-order chi connectivity index (χ1) is 8.65. The van der Waals surface area contributed by atoms with E-state index in [0.29, 0.717) is 17.3 Å². The molecule has 0 amide bonds. The average molecular weight is 263 g/mol. The average Bonchev–Trinajstić information content (AvgIpc) is 2.38. The van der Waals surface area contributed by atoms with Crippen LogP contribution in [-0.2, 0) is 6.54 Å². The molecule has 2 N–H and O–H groups in total. The maximum absolute atomic E-state index is 10.8. The molecule has 0 atom stereocenters. The van der Waals surface area contributed by atoms with Gasteiger partial charge in [-0.2, -0.15) is 0 Å². The summed E-state index contributed by atoms with van der Waals surface area (Å²) in [5.41, 5.74) is 1.89. The number of aromatic nitrogens is 1. The van der Waals surface area contributed by atoms with E-state index in [1.807, 2.05) is 24.3 Å². The number of benzene rings is 1. The van der Waals surface area contributed by atoms with Crippen molar-refractivity contribution >= 4 is 23.3 Å². The first-order valence-corrected chi connectivity index (χ1v) is 5.69. The molecule has 0 unspecified atom stereocenters. The topological polar surface area (TPSA) is 62.2 Å². The van der Waals surface area contributed by atoms with Crippen molar-refractivity contribution in [3.05, 3.63) is 58.9 Å². The van der Waals surface area contributed by atoms with E-state index >= 15 is 0 Å². The van der Waals surface area contributed by atoms with Crippen LogP contribution < -0.4 is 5.32 Å². The molecule has 2 rings (SSSR count). The summed E-state index contributed by atoms with van der Waals surface area (Å²) in [5, 5.41) is 12.6. The van der Waals surface area contributed by atoms with Crippen molar-refractivity contribution < 1.29 is 9.90 Å². The number of carboxylic acids is 1. The Kier molecular flexibility index (Phi) is 3.79. The molecular weight excluding hydrogens is 252 g/mol. The highest BCUT2D eigenvalue weighted by Crippen LogP contribution is 2.13. The lowest BCUT2D eigenvalue weighted by molar-refractivity contribution is 0.0696. The maximum Gasteiger partial charge on any atom is 0.337 e. The smallest absolute Gasteiger partial charge is 0.337 e. The lowest BCUT2D eigenvalue weighted by Crippen LogP contribution is -2.02. The molecule has 0 bridgehead atoms. The highest BCUT2D eigenvalue weighted by Gasteiger charge is 2.03. The first-order valence-electron chi connectivity index (χ1n) is 5.32. The van der Waals surface area contributed by atoms with Gasteiger partial charge in [-0.3, -0.25) is 4.98 Å². The third-order valence-corrected chi connectivity index (χ3v) is 2.65. The fraction of sp³-hybridized carbons (Fsp3) is 0.0769. The summed E-state index contributed by atoms with van der Waals surface area (Å²) in [6.45, 7) is 0.585. The molecule has 1 aromatic heterocycles. The minimum atomic E-state index is -0.988. The Labute approximate surface area is 109 Å². The molecule has 0 saturated carbocycles. The lowest BCUT2D eigenvalue weighted by Gasteiger charge is -2.06. The van der Waals surface area contributed by atoms with E-state index in [2.05, 4.69) is 10.3 Å². The Bertz CT molecular complexity index is 555. The molecular formula is C13H11ClN2O2. The van der Waals surface area contributed by atoms with Gasteiger partial charge in [0.15, 0.2) is 0 Å². The van der Waals surface area contributed by atoms with Gasteiger partial charge in [0.25, 0.3) is 0 Å². The molecule has 18 heavy (non-hydrogen) atoms. The fourth-order valence-electron chi connectivity index (χ4n) is 1.46. The van der Waals surface area contributed by atoms with Crippen LogP contribution in [0.4, 0.5) is 5.69 Å². The van der Waals surface area contributed by atoms with Gasteiger partial charge in [0.1, 0.15) is 0 Å². The molecule has 1 heterocycles. The van der Waals surface area contributed by atoms with Crippen LogP contribution in [-0.4, -0.2) is 16.1 Å².